The zero-order chi connectivity index (χ0) is 15.1. The topological polar surface area (TPSA) is 17.8 Å². The first kappa shape index (κ1) is 14.4. The number of alkyl halides is 1. The van der Waals surface area contributed by atoms with Gasteiger partial charge in [0.25, 0.3) is 0 Å². The van der Waals surface area contributed by atoms with E-state index in [1.807, 2.05) is 0 Å². The second kappa shape index (κ2) is 5.35. The molecule has 1 heterocycles. The number of hydrogen-bond acceptors (Lipinski definition) is 1. The van der Waals surface area contributed by atoms with Gasteiger partial charge in [0.1, 0.15) is 5.82 Å². The maximum atomic E-state index is 13.4. The van der Waals surface area contributed by atoms with E-state index in [-0.39, 0.29) is 11.6 Å². The summed E-state index contributed by atoms with van der Waals surface area (Å²) in [5.41, 5.74) is 1.37. The molecule has 7 heteroatoms. The first-order valence-electron chi connectivity index (χ1n) is 5.89. The van der Waals surface area contributed by atoms with E-state index in [0.717, 1.165) is 16.6 Å². The highest BCUT2D eigenvalue weighted by atomic mass is 79.9. The average Bonchev–Trinajstić information content (AvgIpc) is 2.81. The van der Waals surface area contributed by atoms with Gasteiger partial charge >= 0.3 is 0 Å². The summed E-state index contributed by atoms with van der Waals surface area (Å²) in [6.07, 6.45) is 0. The van der Waals surface area contributed by atoms with Gasteiger partial charge in [0, 0.05) is 16.6 Å². The molecule has 0 saturated carbocycles. The molecule has 0 atom stereocenters. The molecule has 0 bridgehead atoms. The summed E-state index contributed by atoms with van der Waals surface area (Å²) < 4.78 is 42.3. The van der Waals surface area contributed by atoms with Crippen LogP contribution < -0.4 is 0 Å². The predicted molar refractivity (Wildman–Crippen MR) is 78.2 cm³/mol. The zero-order valence-corrected chi connectivity index (χ0v) is 12.7. The summed E-state index contributed by atoms with van der Waals surface area (Å²) in [6.45, 7) is 0. The van der Waals surface area contributed by atoms with Crippen molar-refractivity contribution in [3.8, 4) is 5.69 Å². The quantitative estimate of drug-likeness (QED) is 0.458. The minimum Gasteiger partial charge on any atom is -0.295 e. The highest BCUT2D eigenvalue weighted by Gasteiger charge is 2.16. The minimum absolute atomic E-state index is 0.0485. The van der Waals surface area contributed by atoms with Gasteiger partial charge in [0.05, 0.1) is 22.6 Å². The summed E-state index contributed by atoms with van der Waals surface area (Å²) in [5, 5.41) is 0. The van der Waals surface area contributed by atoms with Crippen molar-refractivity contribution >= 4 is 38.6 Å². The van der Waals surface area contributed by atoms with Gasteiger partial charge in [-0.1, -0.05) is 15.9 Å². The Morgan fingerprint density at radius 3 is 2.38 bits per heavy atom. The van der Waals surface area contributed by atoms with Gasteiger partial charge in [-0.15, -0.1) is 11.6 Å². The molecule has 0 amide bonds. The zero-order valence-electron chi connectivity index (χ0n) is 10.4. The molecule has 0 radical (unpaired) electrons. The van der Waals surface area contributed by atoms with Crippen molar-refractivity contribution in [3.63, 3.8) is 0 Å². The predicted octanol–water partition coefficient (Wildman–Crippen LogP) is 4.94. The van der Waals surface area contributed by atoms with Crippen LogP contribution in [0.15, 0.2) is 34.8 Å². The van der Waals surface area contributed by atoms with Crippen molar-refractivity contribution in [1.82, 2.24) is 9.55 Å². The number of imidazole rings is 1. The highest BCUT2D eigenvalue weighted by Crippen LogP contribution is 2.27. The molecule has 0 N–H and O–H groups in total. The Balaban J connectivity index is 2.33. The normalized spacial score (nSPS) is 11.3. The van der Waals surface area contributed by atoms with Gasteiger partial charge < -0.3 is 0 Å². The number of rotatable bonds is 2. The molecule has 108 valence electrons. The molecule has 0 spiro atoms. The lowest BCUT2D eigenvalue weighted by Gasteiger charge is -2.09. The van der Waals surface area contributed by atoms with Crippen LogP contribution in [0.4, 0.5) is 13.2 Å². The van der Waals surface area contributed by atoms with Crippen molar-refractivity contribution in [2.24, 2.45) is 0 Å². The fourth-order valence-corrected chi connectivity index (χ4v) is 2.68. The SMILES string of the molecule is Fc1cc(-n2c(CCl)nc3cc(Br)ccc32)cc(F)c1F. The van der Waals surface area contributed by atoms with E-state index in [2.05, 4.69) is 20.9 Å². The average molecular weight is 376 g/mol. The second-order valence-electron chi connectivity index (χ2n) is 4.35. The monoisotopic (exact) mass is 374 g/mol. The molecule has 0 saturated heterocycles. The van der Waals surface area contributed by atoms with Crippen LogP contribution in [0.1, 0.15) is 5.82 Å². The highest BCUT2D eigenvalue weighted by molar-refractivity contribution is 9.10. The smallest absolute Gasteiger partial charge is 0.194 e. The van der Waals surface area contributed by atoms with Crippen molar-refractivity contribution in [1.29, 1.82) is 0 Å². The minimum atomic E-state index is -1.50. The van der Waals surface area contributed by atoms with Gasteiger partial charge in [-0.2, -0.15) is 0 Å². The first-order chi connectivity index (χ1) is 10.0. The Morgan fingerprint density at radius 2 is 1.76 bits per heavy atom. The van der Waals surface area contributed by atoms with Crippen LogP contribution in [0.25, 0.3) is 16.7 Å². The molecular formula is C14H7BrClF3N2. The van der Waals surface area contributed by atoms with Crippen molar-refractivity contribution < 1.29 is 13.2 Å². The number of halogens is 5. The van der Waals surface area contributed by atoms with E-state index >= 15 is 0 Å². The van der Waals surface area contributed by atoms with Crippen LogP contribution in [0.3, 0.4) is 0 Å². The number of nitrogens with zero attached hydrogens (tertiary/aromatic N) is 2. The third kappa shape index (κ3) is 2.42. The van der Waals surface area contributed by atoms with Crippen LogP contribution in [-0.2, 0) is 5.88 Å². The van der Waals surface area contributed by atoms with E-state index < -0.39 is 17.5 Å². The maximum absolute atomic E-state index is 13.4. The standard InChI is InChI=1S/C14H7BrClF3N2/c15-7-1-2-12-11(3-7)20-13(6-16)21(12)8-4-9(17)14(19)10(18)5-8/h1-5H,6H2. The van der Waals surface area contributed by atoms with Crippen LogP contribution in [0.5, 0.6) is 0 Å². The molecule has 0 aliphatic rings. The van der Waals surface area contributed by atoms with E-state index in [1.54, 1.807) is 18.2 Å². The summed E-state index contributed by atoms with van der Waals surface area (Å²) in [6, 6.07) is 7.10. The van der Waals surface area contributed by atoms with Gasteiger partial charge in [-0.3, -0.25) is 4.57 Å². The van der Waals surface area contributed by atoms with Gasteiger partial charge in [-0.05, 0) is 18.2 Å². The molecule has 21 heavy (non-hydrogen) atoms. The van der Waals surface area contributed by atoms with E-state index in [9.17, 15) is 13.2 Å². The largest absolute Gasteiger partial charge is 0.295 e. The number of benzene rings is 2. The lowest BCUT2D eigenvalue weighted by Crippen LogP contribution is -2.02. The third-order valence-electron chi connectivity index (χ3n) is 3.03. The second-order valence-corrected chi connectivity index (χ2v) is 5.54. The summed E-state index contributed by atoms with van der Waals surface area (Å²) in [7, 11) is 0. The van der Waals surface area contributed by atoms with E-state index in [4.69, 9.17) is 11.6 Å². The molecule has 2 aromatic carbocycles. The molecule has 2 nitrogen and oxygen atoms in total. The Bertz CT molecular complexity index is 825. The van der Waals surface area contributed by atoms with Crippen LogP contribution in [0.2, 0.25) is 0 Å². The maximum Gasteiger partial charge on any atom is 0.194 e. The molecule has 0 aliphatic heterocycles. The molecule has 3 aromatic rings. The van der Waals surface area contributed by atoms with Crippen molar-refractivity contribution in [2.45, 2.75) is 5.88 Å². The fourth-order valence-electron chi connectivity index (χ4n) is 2.15. The Kier molecular flexibility index (Phi) is 3.67. The molecule has 0 fully saturated rings. The van der Waals surface area contributed by atoms with Crippen molar-refractivity contribution in [3.05, 3.63) is 58.1 Å². The van der Waals surface area contributed by atoms with E-state index in [1.165, 1.54) is 4.57 Å². The Labute approximate surface area is 131 Å². The number of fused-ring (bicyclic) bond motifs is 1. The number of aromatic nitrogens is 2. The van der Waals surface area contributed by atoms with Gasteiger partial charge in [-0.25, -0.2) is 18.2 Å². The molecule has 0 unspecified atom stereocenters. The van der Waals surface area contributed by atoms with Crippen LogP contribution >= 0.6 is 27.5 Å². The molecule has 3 rings (SSSR count). The van der Waals surface area contributed by atoms with Crippen LogP contribution in [0, 0.1) is 17.5 Å². The van der Waals surface area contributed by atoms with Gasteiger partial charge in [0.2, 0.25) is 0 Å². The lowest BCUT2D eigenvalue weighted by atomic mass is 10.2. The Morgan fingerprint density at radius 1 is 1.10 bits per heavy atom. The van der Waals surface area contributed by atoms with Crippen LogP contribution in [-0.4, -0.2) is 9.55 Å². The first-order valence-corrected chi connectivity index (χ1v) is 7.22. The molecule has 0 aliphatic carbocycles. The fraction of sp³-hybridized carbons (Fsp3) is 0.0714. The van der Waals surface area contributed by atoms with Gasteiger partial charge in [0.15, 0.2) is 17.5 Å². The Hall–Kier alpha value is -1.53. The van der Waals surface area contributed by atoms with E-state index in [0.29, 0.717) is 16.9 Å². The number of hydrogen-bond donors (Lipinski definition) is 0. The summed E-state index contributed by atoms with van der Waals surface area (Å²) in [4.78, 5) is 4.31. The molecular weight excluding hydrogens is 369 g/mol. The van der Waals surface area contributed by atoms with Crippen molar-refractivity contribution in [2.75, 3.05) is 0 Å². The summed E-state index contributed by atoms with van der Waals surface area (Å²) in [5.74, 6) is -3.56. The molecule has 1 aromatic heterocycles. The third-order valence-corrected chi connectivity index (χ3v) is 3.76. The summed E-state index contributed by atoms with van der Waals surface area (Å²) >= 11 is 9.17. The lowest BCUT2D eigenvalue weighted by molar-refractivity contribution is 0.446.